The van der Waals surface area contributed by atoms with Crippen molar-refractivity contribution in [2.24, 2.45) is 4.99 Å². The molecule has 1 aliphatic heterocycles. The summed E-state index contributed by atoms with van der Waals surface area (Å²) >= 11 is 0. The van der Waals surface area contributed by atoms with Crippen molar-refractivity contribution in [1.29, 1.82) is 0 Å². The predicted molar refractivity (Wildman–Crippen MR) is 58.0 cm³/mol. The molecule has 2 rings (SSSR count). The number of carbonyl (C=O) groups is 1. The molecule has 4 heteroatoms. The summed E-state index contributed by atoms with van der Waals surface area (Å²) < 4.78 is 17.4. The Balaban J connectivity index is 2.17. The standard InChI is InChI=1S/C12H12FNO2/c1-16-12(15)11-7-6-10(14-11)8-2-4-9(13)5-3-8/h2-5,11H,6-7H2,1H3/t11-/m0/s1. The Morgan fingerprint density at radius 2 is 2.12 bits per heavy atom. The molecule has 0 unspecified atom stereocenters. The second kappa shape index (κ2) is 4.43. The summed E-state index contributed by atoms with van der Waals surface area (Å²) in [6.45, 7) is 0. The Bertz CT molecular complexity index is 425. The Morgan fingerprint density at radius 1 is 1.44 bits per heavy atom. The van der Waals surface area contributed by atoms with Crippen molar-refractivity contribution in [3.8, 4) is 0 Å². The van der Waals surface area contributed by atoms with E-state index >= 15 is 0 Å². The number of hydrogen-bond acceptors (Lipinski definition) is 3. The average Bonchev–Trinajstić information content (AvgIpc) is 2.78. The van der Waals surface area contributed by atoms with Gasteiger partial charge in [0.15, 0.2) is 0 Å². The Hall–Kier alpha value is -1.71. The first-order chi connectivity index (χ1) is 7.70. The average molecular weight is 221 g/mol. The van der Waals surface area contributed by atoms with Gasteiger partial charge in [0.05, 0.1) is 7.11 Å². The van der Waals surface area contributed by atoms with Gasteiger partial charge in [-0.2, -0.15) is 0 Å². The van der Waals surface area contributed by atoms with E-state index in [0.717, 1.165) is 17.7 Å². The van der Waals surface area contributed by atoms with E-state index in [-0.39, 0.29) is 11.8 Å². The zero-order chi connectivity index (χ0) is 11.5. The molecule has 1 atom stereocenters. The molecule has 0 fully saturated rings. The number of hydrogen-bond donors (Lipinski definition) is 0. The van der Waals surface area contributed by atoms with Crippen LogP contribution in [0.4, 0.5) is 4.39 Å². The van der Waals surface area contributed by atoms with Crippen LogP contribution in [-0.2, 0) is 9.53 Å². The zero-order valence-electron chi connectivity index (χ0n) is 8.94. The fourth-order valence-electron chi connectivity index (χ4n) is 1.76. The number of nitrogens with zero attached hydrogens (tertiary/aromatic N) is 1. The van der Waals surface area contributed by atoms with Crippen molar-refractivity contribution in [3.63, 3.8) is 0 Å². The van der Waals surface area contributed by atoms with Crippen LogP contribution in [0.3, 0.4) is 0 Å². The van der Waals surface area contributed by atoms with Crippen molar-refractivity contribution in [2.75, 3.05) is 7.11 Å². The highest BCUT2D eigenvalue weighted by atomic mass is 19.1. The molecule has 0 aliphatic carbocycles. The van der Waals surface area contributed by atoms with Crippen molar-refractivity contribution in [3.05, 3.63) is 35.6 Å². The molecular weight excluding hydrogens is 209 g/mol. The van der Waals surface area contributed by atoms with Crippen LogP contribution in [0.15, 0.2) is 29.3 Å². The third-order valence-corrected chi connectivity index (χ3v) is 2.62. The minimum Gasteiger partial charge on any atom is -0.467 e. The molecular formula is C12H12FNO2. The summed E-state index contributed by atoms with van der Waals surface area (Å²) in [5.41, 5.74) is 1.71. The lowest BCUT2D eigenvalue weighted by atomic mass is 10.1. The van der Waals surface area contributed by atoms with Crippen molar-refractivity contribution in [2.45, 2.75) is 18.9 Å². The minimum atomic E-state index is -0.398. The maximum absolute atomic E-state index is 12.7. The molecule has 0 radical (unpaired) electrons. The molecule has 3 nitrogen and oxygen atoms in total. The summed E-state index contributed by atoms with van der Waals surface area (Å²) in [6, 6.07) is 5.74. The number of carbonyl (C=O) groups excluding carboxylic acids is 1. The first-order valence-electron chi connectivity index (χ1n) is 5.11. The van der Waals surface area contributed by atoms with E-state index in [9.17, 15) is 9.18 Å². The topological polar surface area (TPSA) is 38.7 Å². The third kappa shape index (κ3) is 2.10. The number of esters is 1. The quantitative estimate of drug-likeness (QED) is 0.716. The molecule has 1 aromatic carbocycles. The van der Waals surface area contributed by atoms with E-state index in [4.69, 9.17) is 0 Å². The summed E-state index contributed by atoms with van der Waals surface area (Å²) in [4.78, 5) is 15.5. The van der Waals surface area contributed by atoms with Crippen LogP contribution in [-0.4, -0.2) is 24.8 Å². The highest BCUT2D eigenvalue weighted by Crippen LogP contribution is 2.19. The zero-order valence-corrected chi connectivity index (χ0v) is 8.94. The van der Waals surface area contributed by atoms with Crippen LogP contribution in [0, 0.1) is 5.82 Å². The molecule has 0 amide bonds. The largest absolute Gasteiger partial charge is 0.467 e. The fraction of sp³-hybridized carbons (Fsp3) is 0.333. The highest BCUT2D eigenvalue weighted by Gasteiger charge is 2.25. The molecule has 1 aromatic rings. The van der Waals surface area contributed by atoms with Gasteiger partial charge in [-0.3, -0.25) is 4.99 Å². The number of methoxy groups -OCH3 is 1. The van der Waals surface area contributed by atoms with Gasteiger partial charge < -0.3 is 4.74 Å². The van der Waals surface area contributed by atoms with Crippen molar-refractivity contribution < 1.29 is 13.9 Å². The number of ether oxygens (including phenoxy) is 1. The number of halogens is 1. The van der Waals surface area contributed by atoms with E-state index in [0.29, 0.717) is 6.42 Å². The molecule has 1 aliphatic rings. The van der Waals surface area contributed by atoms with Gasteiger partial charge in [-0.1, -0.05) is 12.1 Å². The predicted octanol–water partition coefficient (Wildman–Crippen LogP) is 1.95. The molecule has 0 bridgehead atoms. The van der Waals surface area contributed by atoms with Gasteiger partial charge in [-0.25, -0.2) is 9.18 Å². The van der Waals surface area contributed by atoms with E-state index in [2.05, 4.69) is 9.73 Å². The van der Waals surface area contributed by atoms with Gasteiger partial charge in [0.1, 0.15) is 11.9 Å². The molecule has 0 aromatic heterocycles. The Kier molecular flexibility index (Phi) is 2.99. The van der Waals surface area contributed by atoms with E-state index in [1.807, 2.05) is 0 Å². The highest BCUT2D eigenvalue weighted by molar-refractivity contribution is 6.03. The van der Waals surface area contributed by atoms with E-state index in [1.54, 1.807) is 12.1 Å². The SMILES string of the molecule is COC(=O)[C@@H]1CCC(c2ccc(F)cc2)=N1. The minimum absolute atomic E-state index is 0.271. The lowest BCUT2D eigenvalue weighted by Crippen LogP contribution is -2.16. The molecule has 0 spiro atoms. The maximum atomic E-state index is 12.7. The van der Waals surface area contributed by atoms with Gasteiger partial charge in [0.2, 0.25) is 0 Å². The third-order valence-electron chi connectivity index (χ3n) is 2.62. The van der Waals surface area contributed by atoms with Crippen molar-refractivity contribution >= 4 is 11.7 Å². The van der Waals surface area contributed by atoms with Crippen LogP contribution in [0.2, 0.25) is 0 Å². The van der Waals surface area contributed by atoms with E-state index < -0.39 is 6.04 Å². The van der Waals surface area contributed by atoms with Gasteiger partial charge in [0, 0.05) is 5.71 Å². The second-order valence-electron chi connectivity index (χ2n) is 3.66. The first kappa shape index (κ1) is 10.8. The normalized spacial score (nSPS) is 19.4. The Morgan fingerprint density at radius 3 is 2.75 bits per heavy atom. The lowest BCUT2D eigenvalue weighted by molar-refractivity contribution is -0.141. The summed E-state index contributed by atoms with van der Waals surface area (Å²) in [7, 11) is 1.35. The molecule has 0 saturated carbocycles. The van der Waals surface area contributed by atoms with Crippen molar-refractivity contribution in [1.82, 2.24) is 0 Å². The molecule has 0 N–H and O–H groups in total. The lowest BCUT2D eigenvalue weighted by Gasteiger charge is -2.01. The molecule has 0 saturated heterocycles. The van der Waals surface area contributed by atoms with Gasteiger partial charge in [-0.15, -0.1) is 0 Å². The number of rotatable bonds is 2. The smallest absolute Gasteiger partial charge is 0.330 e. The summed E-state index contributed by atoms with van der Waals surface area (Å²) in [5, 5.41) is 0. The first-order valence-corrected chi connectivity index (χ1v) is 5.11. The number of aliphatic imine (C=N–C) groups is 1. The molecule has 84 valence electrons. The Labute approximate surface area is 93.0 Å². The molecule has 1 heterocycles. The van der Waals surface area contributed by atoms with Crippen LogP contribution in [0.1, 0.15) is 18.4 Å². The summed E-state index contributed by atoms with van der Waals surface area (Å²) in [5.74, 6) is -0.580. The fourth-order valence-corrected chi connectivity index (χ4v) is 1.76. The second-order valence-corrected chi connectivity index (χ2v) is 3.66. The summed E-state index contributed by atoms with van der Waals surface area (Å²) in [6.07, 6.45) is 1.39. The van der Waals surface area contributed by atoms with E-state index in [1.165, 1.54) is 19.2 Å². The van der Waals surface area contributed by atoms with Crippen LogP contribution in [0.25, 0.3) is 0 Å². The monoisotopic (exact) mass is 221 g/mol. The van der Waals surface area contributed by atoms with Gasteiger partial charge in [0.25, 0.3) is 0 Å². The van der Waals surface area contributed by atoms with Crippen LogP contribution >= 0.6 is 0 Å². The van der Waals surface area contributed by atoms with Crippen LogP contribution < -0.4 is 0 Å². The number of benzene rings is 1. The van der Waals surface area contributed by atoms with Gasteiger partial charge >= 0.3 is 5.97 Å². The van der Waals surface area contributed by atoms with Gasteiger partial charge in [-0.05, 0) is 30.5 Å². The molecule has 16 heavy (non-hydrogen) atoms. The maximum Gasteiger partial charge on any atom is 0.330 e. The van der Waals surface area contributed by atoms with Crippen LogP contribution in [0.5, 0.6) is 0 Å².